The lowest BCUT2D eigenvalue weighted by Gasteiger charge is -2.17. The van der Waals surface area contributed by atoms with Crippen LogP contribution in [0.25, 0.3) is 0 Å². The molecule has 21 heavy (non-hydrogen) atoms. The first-order valence-electron chi connectivity index (χ1n) is 7.70. The van der Waals surface area contributed by atoms with Gasteiger partial charge in [-0.3, -0.25) is 15.2 Å². The van der Waals surface area contributed by atoms with Crippen molar-refractivity contribution in [3.8, 4) is 5.75 Å². The van der Waals surface area contributed by atoms with E-state index in [1.807, 2.05) is 24.3 Å². The minimum Gasteiger partial charge on any atom is -0.494 e. The fraction of sp³-hybridized carbons (Fsp3) is 0.471. The zero-order valence-corrected chi connectivity index (χ0v) is 12.7. The van der Waals surface area contributed by atoms with E-state index in [4.69, 9.17) is 4.74 Å². The third-order valence-corrected chi connectivity index (χ3v) is 3.57. The second-order valence-electron chi connectivity index (χ2n) is 5.39. The molecule has 4 nitrogen and oxygen atoms in total. The molecule has 1 N–H and O–H groups in total. The summed E-state index contributed by atoms with van der Waals surface area (Å²) in [4.78, 5) is 11.4. The summed E-state index contributed by atoms with van der Waals surface area (Å²) in [5, 5.41) is 1.79. The van der Waals surface area contributed by atoms with Gasteiger partial charge in [0.05, 0.1) is 18.8 Å². The SMILES string of the molecule is C=C1CN(c2ccc(OCCCCCCC)cc2)NC1=O. The maximum absolute atomic E-state index is 11.4. The highest BCUT2D eigenvalue weighted by molar-refractivity contribution is 5.97. The second-order valence-corrected chi connectivity index (χ2v) is 5.39. The van der Waals surface area contributed by atoms with Gasteiger partial charge in [-0.2, -0.15) is 0 Å². The Hall–Kier alpha value is -1.97. The van der Waals surface area contributed by atoms with Crippen molar-refractivity contribution in [2.75, 3.05) is 18.2 Å². The molecular formula is C17H24N2O2. The number of nitrogens with one attached hydrogen (secondary N) is 1. The Kier molecular flexibility index (Phi) is 5.67. The molecule has 0 radical (unpaired) electrons. The van der Waals surface area contributed by atoms with E-state index in [1.165, 1.54) is 25.7 Å². The summed E-state index contributed by atoms with van der Waals surface area (Å²) >= 11 is 0. The highest BCUT2D eigenvalue weighted by Gasteiger charge is 2.22. The van der Waals surface area contributed by atoms with Crippen LogP contribution in [0.2, 0.25) is 0 Å². The maximum Gasteiger partial charge on any atom is 0.267 e. The van der Waals surface area contributed by atoms with Crippen LogP contribution in [-0.2, 0) is 4.79 Å². The summed E-state index contributed by atoms with van der Waals surface area (Å²) in [6.45, 7) is 7.23. The molecule has 1 aliphatic heterocycles. The van der Waals surface area contributed by atoms with E-state index in [2.05, 4.69) is 18.9 Å². The molecular weight excluding hydrogens is 264 g/mol. The van der Waals surface area contributed by atoms with Crippen LogP contribution in [0.15, 0.2) is 36.4 Å². The van der Waals surface area contributed by atoms with Crippen LogP contribution in [0.4, 0.5) is 5.69 Å². The third-order valence-electron chi connectivity index (χ3n) is 3.57. The van der Waals surface area contributed by atoms with Gasteiger partial charge in [0.25, 0.3) is 5.91 Å². The quantitative estimate of drug-likeness (QED) is 0.588. The average molecular weight is 288 g/mol. The number of hydrogen-bond acceptors (Lipinski definition) is 3. The van der Waals surface area contributed by atoms with Gasteiger partial charge in [-0.15, -0.1) is 0 Å². The number of amides is 1. The van der Waals surface area contributed by atoms with Crippen LogP contribution < -0.4 is 15.2 Å². The lowest BCUT2D eigenvalue weighted by Crippen LogP contribution is -2.32. The van der Waals surface area contributed by atoms with Gasteiger partial charge in [-0.1, -0.05) is 39.2 Å². The predicted octanol–water partition coefficient (Wildman–Crippen LogP) is 3.44. The number of hydrogen-bond donors (Lipinski definition) is 1. The number of unbranched alkanes of at least 4 members (excludes halogenated alkanes) is 4. The molecule has 4 heteroatoms. The monoisotopic (exact) mass is 288 g/mol. The highest BCUT2D eigenvalue weighted by atomic mass is 16.5. The van der Waals surface area contributed by atoms with Crippen LogP contribution in [0, 0.1) is 0 Å². The summed E-state index contributed by atoms with van der Waals surface area (Å²) in [5.41, 5.74) is 4.29. The van der Waals surface area contributed by atoms with Gasteiger partial charge in [-0.05, 0) is 30.7 Å². The largest absolute Gasteiger partial charge is 0.494 e. The van der Waals surface area contributed by atoms with Crippen molar-refractivity contribution in [2.45, 2.75) is 39.0 Å². The second kappa shape index (κ2) is 7.72. The van der Waals surface area contributed by atoms with Crippen LogP contribution in [0.5, 0.6) is 5.75 Å². The number of carbonyl (C=O) groups excluding carboxylic acids is 1. The van der Waals surface area contributed by atoms with Gasteiger partial charge < -0.3 is 4.74 Å². The number of carbonyl (C=O) groups is 1. The Morgan fingerprint density at radius 1 is 1.19 bits per heavy atom. The molecule has 0 aliphatic carbocycles. The lowest BCUT2D eigenvalue weighted by molar-refractivity contribution is -0.116. The minimum atomic E-state index is -0.109. The Morgan fingerprint density at radius 3 is 2.52 bits per heavy atom. The van der Waals surface area contributed by atoms with Crippen molar-refractivity contribution in [3.63, 3.8) is 0 Å². The predicted molar refractivity (Wildman–Crippen MR) is 85.3 cm³/mol. The summed E-state index contributed by atoms with van der Waals surface area (Å²) in [5.74, 6) is 0.765. The minimum absolute atomic E-state index is 0.109. The van der Waals surface area contributed by atoms with Crippen molar-refractivity contribution < 1.29 is 9.53 Å². The van der Waals surface area contributed by atoms with Crippen molar-refractivity contribution in [2.24, 2.45) is 0 Å². The van der Waals surface area contributed by atoms with E-state index in [0.29, 0.717) is 12.1 Å². The Bertz CT molecular complexity index is 466. The lowest BCUT2D eigenvalue weighted by atomic mass is 10.2. The Balaban J connectivity index is 1.75. The van der Waals surface area contributed by atoms with Gasteiger partial charge in [-0.25, -0.2) is 0 Å². The smallest absolute Gasteiger partial charge is 0.267 e. The molecule has 0 bridgehead atoms. The maximum atomic E-state index is 11.4. The molecule has 1 aromatic rings. The number of rotatable bonds is 8. The molecule has 0 aromatic heterocycles. The van der Waals surface area contributed by atoms with E-state index in [1.54, 1.807) is 5.01 Å². The number of anilines is 1. The number of hydrazine groups is 1. The third kappa shape index (κ3) is 4.52. The normalized spacial score (nSPS) is 14.4. The molecule has 0 atom stereocenters. The fourth-order valence-corrected chi connectivity index (χ4v) is 2.28. The first-order chi connectivity index (χ1) is 10.2. The van der Waals surface area contributed by atoms with Crippen molar-refractivity contribution in [1.82, 2.24) is 5.43 Å². The first-order valence-corrected chi connectivity index (χ1v) is 7.70. The molecule has 114 valence electrons. The van der Waals surface area contributed by atoms with E-state index in [0.717, 1.165) is 24.5 Å². The van der Waals surface area contributed by atoms with Gasteiger partial charge in [0.2, 0.25) is 0 Å². The fourth-order valence-electron chi connectivity index (χ4n) is 2.28. The molecule has 1 aromatic carbocycles. The summed E-state index contributed by atoms with van der Waals surface area (Å²) in [7, 11) is 0. The molecule has 1 fully saturated rings. The van der Waals surface area contributed by atoms with Gasteiger partial charge in [0.1, 0.15) is 5.75 Å². The van der Waals surface area contributed by atoms with Gasteiger partial charge in [0.15, 0.2) is 0 Å². The molecule has 0 unspecified atom stereocenters. The molecule has 0 saturated carbocycles. The van der Waals surface area contributed by atoms with Crippen LogP contribution in [0.3, 0.4) is 0 Å². The molecule has 1 saturated heterocycles. The Morgan fingerprint density at radius 2 is 1.90 bits per heavy atom. The van der Waals surface area contributed by atoms with Gasteiger partial charge >= 0.3 is 0 Å². The topological polar surface area (TPSA) is 41.6 Å². The molecule has 1 amide bonds. The van der Waals surface area contributed by atoms with Gasteiger partial charge in [0, 0.05) is 5.57 Å². The first kappa shape index (κ1) is 15.4. The number of ether oxygens (including phenoxy) is 1. The number of nitrogens with zero attached hydrogens (tertiary/aromatic N) is 1. The summed E-state index contributed by atoms with van der Waals surface area (Å²) in [6, 6.07) is 7.78. The van der Waals surface area contributed by atoms with E-state index in [9.17, 15) is 4.79 Å². The van der Waals surface area contributed by atoms with Crippen LogP contribution >= 0.6 is 0 Å². The molecule has 1 heterocycles. The standard InChI is InChI=1S/C17H24N2O2/c1-3-4-5-6-7-12-21-16-10-8-15(9-11-16)19-13-14(2)17(20)18-19/h8-11H,2-7,12-13H2,1H3,(H,18,20). The highest BCUT2D eigenvalue weighted by Crippen LogP contribution is 2.21. The molecule has 0 spiro atoms. The summed E-state index contributed by atoms with van der Waals surface area (Å²) < 4.78 is 5.72. The zero-order chi connectivity index (χ0) is 15.1. The molecule has 1 aliphatic rings. The zero-order valence-electron chi connectivity index (χ0n) is 12.7. The van der Waals surface area contributed by atoms with E-state index >= 15 is 0 Å². The number of benzene rings is 1. The van der Waals surface area contributed by atoms with Crippen molar-refractivity contribution in [1.29, 1.82) is 0 Å². The van der Waals surface area contributed by atoms with Crippen LogP contribution in [0.1, 0.15) is 39.0 Å². The van der Waals surface area contributed by atoms with E-state index < -0.39 is 0 Å². The molecule has 2 rings (SSSR count). The van der Waals surface area contributed by atoms with E-state index in [-0.39, 0.29) is 5.91 Å². The average Bonchev–Trinajstić information content (AvgIpc) is 2.83. The van der Waals surface area contributed by atoms with Crippen LogP contribution in [-0.4, -0.2) is 19.1 Å². The Labute approximate surface area is 126 Å². The summed E-state index contributed by atoms with van der Waals surface area (Å²) in [6.07, 6.45) is 6.19. The van der Waals surface area contributed by atoms with Crippen molar-refractivity contribution >= 4 is 11.6 Å². The van der Waals surface area contributed by atoms with Crippen molar-refractivity contribution in [3.05, 3.63) is 36.4 Å².